The Kier molecular flexibility index (Phi) is 2.99. The number of hydrogen-bond donors (Lipinski definition) is 0. The molecule has 0 bridgehead atoms. The molecule has 0 aliphatic carbocycles. The van der Waals surface area contributed by atoms with E-state index < -0.39 is 5.41 Å². The lowest BCUT2D eigenvalue weighted by Crippen LogP contribution is -2.53. The van der Waals surface area contributed by atoms with E-state index in [1.807, 2.05) is 5.38 Å². The van der Waals surface area contributed by atoms with Crippen molar-refractivity contribution in [2.24, 2.45) is 0 Å². The predicted octanol–water partition coefficient (Wildman–Crippen LogP) is 1.71. The predicted molar refractivity (Wildman–Crippen MR) is 60.7 cm³/mol. The first kappa shape index (κ1) is 11.5. The molecular formula is C11H15NO3S. The molecule has 1 aromatic heterocycles. The summed E-state index contributed by atoms with van der Waals surface area (Å²) in [4.78, 5) is 16.3. The van der Waals surface area contributed by atoms with Gasteiger partial charge in [0.1, 0.15) is 5.01 Å². The Bertz CT molecular complexity index is 396. The van der Waals surface area contributed by atoms with E-state index in [1.54, 1.807) is 0 Å². The van der Waals surface area contributed by atoms with Crippen LogP contribution in [0.25, 0.3) is 0 Å². The number of ether oxygens (including phenoxy) is 2. The first-order chi connectivity index (χ1) is 7.60. The van der Waals surface area contributed by atoms with Crippen LogP contribution in [0.3, 0.4) is 0 Å². The zero-order chi connectivity index (χ0) is 11.8. The lowest BCUT2D eigenvalue weighted by Gasteiger charge is -2.36. The van der Waals surface area contributed by atoms with Gasteiger partial charge in [-0.05, 0) is 5.92 Å². The van der Waals surface area contributed by atoms with Gasteiger partial charge in [0, 0.05) is 5.38 Å². The number of esters is 1. The van der Waals surface area contributed by atoms with Crippen molar-refractivity contribution in [1.29, 1.82) is 0 Å². The van der Waals surface area contributed by atoms with E-state index in [1.165, 1.54) is 18.4 Å². The number of carbonyl (C=O) groups is 1. The summed E-state index contributed by atoms with van der Waals surface area (Å²) in [5.41, 5.74) is 0.377. The van der Waals surface area contributed by atoms with Gasteiger partial charge in [0.15, 0.2) is 5.41 Å². The van der Waals surface area contributed by atoms with Crippen molar-refractivity contribution < 1.29 is 14.3 Å². The minimum Gasteiger partial charge on any atom is -0.468 e. The average molecular weight is 241 g/mol. The second kappa shape index (κ2) is 4.14. The standard InChI is InChI=1S/C11H15NO3S/c1-7(2)8-4-16-9(12-8)11(5-15-6-11)10(13)14-3/h4,7H,5-6H2,1-3H3. The molecule has 88 valence electrons. The van der Waals surface area contributed by atoms with Gasteiger partial charge in [-0.25, -0.2) is 4.98 Å². The fraction of sp³-hybridized carbons (Fsp3) is 0.636. The number of hydrogen-bond acceptors (Lipinski definition) is 5. The maximum atomic E-state index is 11.8. The lowest BCUT2D eigenvalue weighted by molar-refractivity contribution is -0.166. The first-order valence-corrected chi connectivity index (χ1v) is 6.10. The highest BCUT2D eigenvalue weighted by Gasteiger charge is 2.51. The van der Waals surface area contributed by atoms with Crippen LogP contribution in [0.4, 0.5) is 0 Å². The molecule has 2 heterocycles. The molecule has 0 unspecified atom stereocenters. The number of thiazole rings is 1. The molecule has 0 radical (unpaired) electrons. The van der Waals surface area contributed by atoms with Crippen LogP contribution in [0.5, 0.6) is 0 Å². The van der Waals surface area contributed by atoms with Gasteiger partial charge in [-0.1, -0.05) is 13.8 Å². The monoisotopic (exact) mass is 241 g/mol. The van der Waals surface area contributed by atoms with Gasteiger partial charge >= 0.3 is 5.97 Å². The molecule has 5 heteroatoms. The van der Waals surface area contributed by atoms with E-state index in [-0.39, 0.29) is 5.97 Å². The van der Waals surface area contributed by atoms with Gasteiger partial charge in [-0.2, -0.15) is 0 Å². The first-order valence-electron chi connectivity index (χ1n) is 5.22. The van der Waals surface area contributed by atoms with Gasteiger partial charge < -0.3 is 9.47 Å². The van der Waals surface area contributed by atoms with E-state index >= 15 is 0 Å². The molecule has 1 saturated heterocycles. The Morgan fingerprint density at radius 2 is 2.31 bits per heavy atom. The highest BCUT2D eigenvalue weighted by Crippen LogP contribution is 2.36. The third kappa shape index (κ3) is 1.64. The third-order valence-electron chi connectivity index (χ3n) is 2.80. The van der Waals surface area contributed by atoms with Crippen molar-refractivity contribution in [3.8, 4) is 0 Å². The number of methoxy groups -OCH3 is 1. The van der Waals surface area contributed by atoms with Crippen molar-refractivity contribution in [2.75, 3.05) is 20.3 Å². The van der Waals surface area contributed by atoms with E-state index in [9.17, 15) is 4.79 Å². The maximum Gasteiger partial charge on any atom is 0.323 e. The molecule has 0 N–H and O–H groups in total. The number of aromatic nitrogens is 1. The van der Waals surface area contributed by atoms with Gasteiger partial charge in [0.05, 0.1) is 26.0 Å². The molecule has 1 fully saturated rings. The summed E-state index contributed by atoms with van der Waals surface area (Å²) in [7, 11) is 1.40. The van der Waals surface area contributed by atoms with Crippen LogP contribution >= 0.6 is 11.3 Å². The molecule has 0 spiro atoms. The number of rotatable bonds is 3. The molecule has 2 rings (SSSR count). The largest absolute Gasteiger partial charge is 0.468 e. The average Bonchev–Trinajstić information content (AvgIpc) is 2.65. The zero-order valence-corrected chi connectivity index (χ0v) is 10.5. The smallest absolute Gasteiger partial charge is 0.323 e. The van der Waals surface area contributed by atoms with E-state index in [0.29, 0.717) is 19.1 Å². The van der Waals surface area contributed by atoms with Crippen LogP contribution in [0.15, 0.2) is 5.38 Å². The highest BCUT2D eigenvalue weighted by atomic mass is 32.1. The van der Waals surface area contributed by atoms with Crippen molar-refractivity contribution in [2.45, 2.75) is 25.2 Å². The fourth-order valence-electron chi connectivity index (χ4n) is 1.60. The summed E-state index contributed by atoms with van der Waals surface area (Å²) < 4.78 is 9.98. The van der Waals surface area contributed by atoms with Crippen molar-refractivity contribution in [1.82, 2.24) is 4.98 Å². The Morgan fingerprint density at radius 1 is 1.62 bits per heavy atom. The van der Waals surface area contributed by atoms with E-state index in [4.69, 9.17) is 9.47 Å². The summed E-state index contributed by atoms with van der Waals surface area (Å²) in [6.45, 7) is 4.93. The van der Waals surface area contributed by atoms with Crippen LogP contribution in [0.2, 0.25) is 0 Å². The molecular weight excluding hydrogens is 226 g/mol. The van der Waals surface area contributed by atoms with E-state index in [2.05, 4.69) is 18.8 Å². The number of carbonyl (C=O) groups excluding carboxylic acids is 1. The Hall–Kier alpha value is -0.940. The van der Waals surface area contributed by atoms with Gasteiger partial charge in [0.2, 0.25) is 0 Å². The normalized spacial score (nSPS) is 18.2. The summed E-state index contributed by atoms with van der Waals surface area (Å²) in [6.07, 6.45) is 0. The highest BCUT2D eigenvalue weighted by molar-refractivity contribution is 7.10. The molecule has 4 nitrogen and oxygen atoms in total. The SMILES string of the molecule is COC(=O)C1(c2nc(C(C)C)cs2)COC1. The van der Waals surface area contributed by atoms with E-state index in [0.717, 1.165) is 10.7 Å². The van der Waals surface area contributed by atoms with Gasteiger partial charge in [-0.15, -0.1) is 11.3 Å². The molecule has 0 atom stereocenters. The second-order valence-electron chi connectivity index (χ2n) is 4.30. The summed E-state index contributed by atoms with van der Waals surface area (Å²) in [6, 6.07) is 0. The summed E-state index contributed by atoms with van der Waals surface area (Å²) >= 11 is 1.51. The van der Waals surface area contributed by atoms with Crippen LogP contribution in [-0.2, 0) is 19.7 Å². The minimum absolute atomic E-state index is 0.247. The summed E-state index contributed by atoms with van der Waals surface area (Å²) in [5.74, 6) is 0.129. The Labute approximate surface area is 98.6 Å². The Morgan fingerprint density at radius 3 is 2.69 bits per heavy atom. The molecule has 1 aliphatic rings. The van der Waals surface area contributed by atoms with Crippen LogP contribution in [-0.4, -0.2) is 31.3 Å². The Balaban J connectivity index is 2.30. The minimum atomic E-state index is -0.646. The molecule has 0 saturated carbocycles. The zero-order valence-electron chi connectivity index (χ0n) is 9.65. The van der Waals surface area contributed by atoms with Crippen LogP contribution in [0.1, 0.15) is 30.5 Å². The van der Waals surface area contributed by atoms with Gasteiger partial charge in [0.25, 0.3) is 0 Å². The van der Waals surface area contributed by atoms with Crippen LogP contribution in [0, 0.1) is 0 Å². The van der Waals surface area contributed by atoms with Crippen molar-refractivity contribution in [3.05, 3.63) is 16.1 Å². The fourth-order valence-corrected chi connectivity index (χ4v) is 2.74. The quantitative estimate of drug-likeness (QED) is 0.756. The van der Waals surface area contributed by atoms with Crippen LogP contribution < -0.4 is 0 Å². The maximum absolute atomic E-state index is 11.8. The third-order valence-corrected chi connectivity index (χ3v) is 3.86. The molecule has 1 aromatic rings. The van der Waals surface area contributed by atoms with Crippen molar-refractivity contribution >= 4 is 17.3 Å². The molecule has 0 amide bonds. The molecule has 0 aromatic carbocycles. The van der Waals surface area contributed by atoms with Crippen molar-refractivity contribution in [3.63, 3.8) is 0 Å². The summed E-state index contributed by atoms with van der Waals surface area (Å²) in [5, 5.41) is 2.82. The van der Waals surface area contributed by atoms with Gasteiger partial charge in [-0.3, -0.25) is 4.79 Å². The molecule has 16 heavy (non-hydrogen) atoms. The number of nitrogens with zero attached hydrogens (tertiary/aromatic N) is 1. The molecule has 1 aliphatic heterocycles. The second-order valence-corrected chi connectivity index (χ2v) is 5.16. The lowest BCUT2D eigenvalue weighted by atomic mass is 9.87. The topological polar surface area (TPSA) is 48.4 Å².